The fourth-order valence-electron chi connectivity index (χ4n) is 3.26. The number of anilines is 2. The van der Waals surface area contributed by atoms with E-state index in [-0.39, 0.29) is 33.2 Å². The minimum absolute atomic E-state index is 0.00184. The van der Waals surface area contributed by atoms with Crippen molar-refractivity contribution >= 4 is 51.3 Å². The van der Waals surface area contributed by atoms with Crippen molar-refractivity contribution in [1.29, 1.82) is 0 Å². The Kier molecular flexibility index (Phi) is 5.66. The van der Waals surface area contributed by atoms with Gasteiger partial charge in [-0.1, -0.05) is 40.6 Å². The lowest BCUT2D eigenvalue weighted by Gasteiger charge is -2.16. The summed E-state index contributed by atoms with van der Waals surface area (Å²) in [6.07, 6.45) is 0.299. The molecule has 2 aromatic carbocycles. The predicted octanol–water partition coefficient (Wildman–Crippen LogP) is 4.18. The lowest BCUT2D eigenvalue weighted by atomic mass is 10.1. The molecule has 0 bridgehead atoms. The molecular formula is C20H16ClN5O4S. The molecule has 1 N–H and O–H groups in total. The Balaban J connectivity index is 1.47. The number of amides is 2. The molecule has 1 aliphatic rings. The Morgan fingerprint density at radius 3 is 2.71 bits per heavy atom. The fraction of sp³-hybridized carbons (Fsp3) is 0.200. The zero-order valence-corrected chi connectivity index (χ0v) is 17.8. The summed E-state index contributed by atoms with van der Waals surface area (Å²) in [5.41, 5.74) is 1.67. The topological polar surface area (TPSA) is 118 Å². The predicted molar refractivity (Wildman–Crippen MR) is 117 cm³/mol. The summed E-state index contributed by atoms with van der Waals surface area (Å²) in [7, 11) is 0. The number of benzene rings is 2. The van der Waals surface area contributed by atoms with Crippen molar-refractivity contribution in [3.05, 3.63) is 73.7 Å². The van der Waals surface area contributed by atoms with E-state index in [0.717, 1.165) is 28.7 Å². The first-order chi connectivity index (χ1) is 14.8. The van der Waals surface area contributed by atoms with E-state index < -0.39 is 10.8 Å². The summed E-state index contributed by atoms with van der Waals surface area (Å²) >= 11 is 7.17. The van der Waals surface area contributed by atoms with Crippen molar-refractivity contribution < 1.29 is 14.5 Å². The number of non-ortho nitro benzene ring substituents is 1. The van der Waals surface area contributed by atoms with Crippen molar-refractivity contribution in [2.45, 2.75) is 19.3 Å². The minimum atomic E-state index is -0.625. The number of aryl methyl sites for hydroxylation is 1. The van der Waals surface area contributed by atoms with Gasteiger partial charge in [0.1, 0.15) is 5.01 Å². The maximum Gasteiger partial charge on any atom is 0.270 e. The van der Waals surface area contributed by atoms with Gasteiger partial charge in [-0.05, 0) is 25.1 Å². The van der Waals surface area contributed by atoms with E-state index in [4.69, 9.17) is 11.6 Å². The number of rotatable bonds is 5. The molecule has 1 aliphatic heterocycles. The first-order valence-corrected chi connectivity index (χ1v) is 10.5. The molecule has 4 rings (SSSR count). The van der Waals surface area contributed by atoms with Gasteiger partial charge in [-0.15, -0.1) is 10.2 Å². The lowest BCUT2D eigenvalue weighted by molar-refractivity contribution is -0.384. The van der Waals surface area contributed by atoms with Crippen LogP contribution in [0.5, 0.6) is 0 Å². The maximum atomic E-state index is 12.5. The molecule has 2 heterocycles. The average Bonchev–Trinajstić information content (AvgIpc) is 3.35. The second-order valence-electron chi connectivity index (χ2n) is 7.06. The number of carbonyl (C=O) groups is 2. The van der Waals surface area contributed by atoms with Crippen molar-refractivity contribution in [3.8, 4) is 0 Å². The highest BCUT2D eigenvalue weighted by Gasteiger charge is 2.34. The van der Waals surface area contributed by atoms with Gasteiger partial charge in [-0.2, -0.15) is 0 Å². The van der Waals surface area contributed by atoms with E-state index in [0.29, 0.717) is 18.0 Å². The normalized spacial score (nSPS) is 15.9. The Labute approximate surface area is 185 Å². The summed E-state index contributed by atoms with van der Waals surface area (Å²) < 4.78 is 0. The van der Waals surface area contributed by atoms with Gasteiger partial charge in [-0.3, -0.25) is 25.0 Å². The van der Waals surface area contributed by atoms with Crippen LogP contribution >= 0.6 is 22.9 Å². The van der Waals surface area contributed by atoms with Crippen molar-refractivity contribution in [2.24, 2.45) is 0 Å². The average molecular weight is 458 g/mol. The molecule has 9 nitrogen and oxygen atoms in total. The van der Waals surface area contributed by atoms with E-state index in [1.165, 1.54) is 12.1 Å². The van der Waals surface area contributed by atoms with Gasteiger partial charge in [-0.25, -0.2) is 0 Å². The Hall–Kier alpha value is -3.37. The summed E-state index contributed by atoms with van der Waals surface area (Å²) in [5, 5.41) is 22.6. The molecule has 11 heteroatoms. The SMILES string of the molecule is Cc1ccc(N2CC(c3nnc(NC(=O)c4cc([N+](=O)[O-])ccc4Cl)s3)CC2=O)cc1. The summed E-state index contributed by atoms with van der Waals surface area (Å²) in [4.78, 5) is 37.1. The molecular weight excluding hydrogens is 442 g/mol. The number of aromatic nitrogens is 2. The molecule has 0 saturated carbocycles. The lowest BCUT2D eigenvalue weighted by Crippen LogP contribution is -2.24. The van der Waals surface area contributed by atoms with Gasteiger partial charge in [0, 0.05) is 36.7 Å². The molecule has 1 saturated heterocycles. The number of halogens is 1. The van der Waals surface area contributed by atoms with E-state index in [2.05, 4.69) is 15.5 Å². The van der Waals surface area contributed by atoms with Crippen LogP contribution in [0.3, 0.4) is 0 Å². The van der Waals surface area contributed by atoms with Crippen LogP contribution in [0.1, 0.15) is 33.3 Å². The number of nitro benzene ring substituents is 1. The van der Waals surface area contributed by atoms with Crippen LogP contribution in [0.2, 0.25) is 5.02 Å². The van der Waals surface area contributed by atoms with Crippen LogP contribution in [-0.2, 0) is 4.79 Å². The first-order valence-electron chi connectivity index (χ1n) is 9.27. The number of hydrogen-bond donors (Lipinski definition) is 1. The molecule has 158 valence electrons. The monoisotopic (exact) mass is 457 g/mol. The number of nitrogens with zero attached hydrogens (tertiary/aromatic N) is 4. The highest BCUT2D eigenvalue weighted by atomic mass is 35.5. The zero-order valence-electron chi connectivity index (χ0n) is 16.2. The van der Waals surface area contributed by atoms with E-state index in [1.807, 2.05) is 31.2 Å². The molecule has 31 heavy (non-hydrogen) atoms. The number of nitrogens with one attached hydrogen (secondary N) is 1. The van der Waals surface area contributed by atoms with Gasteiger partial charge >= 0.3 is 0 Å². The zero-order chi connectivity index (χ0) is 22.1. The minimum Gasteiger partial charge on any atom is -0.312 e. The Morgan fingerprint density at radius 2 is 2.00 bits per heavy atom. The van der Waals surface area contributed by atoms with Crippen LogP contribution < -0.4 is 10.2 Å². The second-order valence-corrected chi connectivity index (χ2v) is 8.48. The van der Waals surface area contributed by atoms with E-state index in [1.54, 1.807) is 4.90 Å². The molecule has 1 fully saturated rings. The molecule has 1 atom stereocenters. The van der Waals surface area contributed by atoms with Crippen molar-refractivity contribution in [3.63, 3.8) is 0 Å². The molecule has 3 aromatic rings. The summed E-state index contributed by atoms with van der Waals surface area (Å²) in [6, 6.07) is 11.3. The van der Waals surface area contributed by atoms with Crippen LogP contribution in [-0.4, -0.2) is 33.5 Å². The van der Waals surface area contributed by atoms with E-state index in [9.17, 15) is 19.7 Å². The highest BCUT2D eigenvalue weighted by Crippen LogP contribution is 2.34. The number of nitro groups is 1. The van der Waals surface area contributed by atoms with Gasteiger partial charge in [0.05, 0.1) is 15.5 Å². The second kappa shape index (κ2) is 8.40. The van der Waals surface area contributed by atoms with Gasteiger partial charge in [0.25, 0.3) is 11.6 Å². The van der Waals surface area contributed by atoms with Crippen molar-refractivity contribution in [1.82, 2.24) is 10.2 Å². The number of hydrogen-bond acceptors (Lipinski definition) is 7. The third-order valence-electron chi connectivity index (χ3n) is 4.89. The van der Waals surface area contributed by atoms with Gasteiger partial charge < -0.3 is 4.90 Å². The molecule has 1 unspecified atom stereocenters. The Morgan fingerprint density at radius 1 is 1.26 bits per heavy atom. The van der Waals surface area contributed by atoms with E-state index >= 15 is 0 Å². The summed E-state index contributed by atoms with van der Waals surface area (Å²) in [6.45, 7) is 2.46. The highest BCUT2D eigenvalue weighted by molar-refractivity contribution is 7.15. The molecule has 2 amide bonds. The van der Waals surface area contributed by atoms with Crippen LogP contribution in [0.4, 0.5) is 16.5 Å². The third kappa shape index (κ3) is 4.39. The van der Waals surface area contributed by atoms with Crippen LogP contribution in [0.15, 0.2) is 42.5 Å². The molecule has 0 radical (unpaired) electrons. The fourth-order valence-corrected chi connectivity index (χ4v) is 4.30. The Bertz CT molecular complexity index is 1180. The molecule has 1 aromatic heterocycles. The first kappa shape index (κ1) is 20.9. The van der Waals surface area contributed by atoms with Crippen molar-refractivity contribution in [2.75, 3.05) is 16.8 Å². The summed E-state index contributed by atoms with van der Waals surface area (Å²) in [5.74, 6) is -0.767. The van der Waals surface area contributed by atoms with Crippen LogP contribution in [0.25, 0.3) is 0 Å². The smallest absolute Gasteiger partial charge is 0.270 e. The largest absolute Gasteiger partial charge is 0.312 e. The van der Waals surface area contributed by atoms with Crippen LogP contribution in [0, 0.1) is 17.0 Å². The third-order valence-corrected chi connectivity index (χ3v) is 6.22. The molecule has 0 spiro atoms. The number of carbonyl (C=O) groups excluding carboxylic acids is 2. The standard InChI is InChI=1S/C20H16ClN5O4S/c1-11-2-4-13(5-3-11)25-10-12(8-17(25)27)19-23-24-20(31-19)22-18(28)15-9-14(26(29)30)6-7-16(15)21/h2-7,9,12H,8,10H2,1H3,(H,22,24,28). The van der Waals surface area contributed by atoms with Gasteiger partial charge in [0.2, 0.25) is 11.0 Å². The quantitative estimate of drug-likeness (QED) is 0.453. The molecule has 0 aliphatic carbocycles. The maximum absolute atomic E-state index is 12.5. The van der Waals surface area contributed by atoms with Gasteiger partial charge in [0.15, 0.2) is 0 Å².